The number of aromatic nitrogens is 1. The summed E-state index contributed by atoms with van der Waals surface area (Å²) in [6.45, 7) is 9.03. The fraction of sp³-hybridized carbons (Fsp3) is 0.524. The van der Waals surface area contributed by atoms with E-state index in [0.29, 0.717) is 11.0 Å². The zero-order chi connectivity index (χ0) is 18.7. The summed E-state index contributed by atoms with van der Waals surface area (Å²) in [4.78, 5) is 18.0. The molecule has 2 heterocycles. The number of ether oxygens (including phenoxy) is 1. The third-order valence-corrected chi connectivity index (χ3v) is 6.13. The smallest absolute Gasteiger partial charge is 0.263 e. The lowest BCUT2D eigenvalue weighted by molar-refractivity contribution is 0.0902. The second kappa shape index (κ2) is 8.31. The van der Waals surface area contributed by atoms with Gasteiger partial charge in [0, 0.05) is 18.2 Å². The molecule has 1 fully saturated rings. The van der Waals surface area contributed by atoms with Gasteiger partial charge in [-0.25, -0.2) is 4.98 Å². The lowest BCUT2D eigenvalue weighted by Gasteiger charge is -2.16. The number of nitrogens with one attached hydrogen (secondary N) is 1. The van der Waals surface area contributed by atoms with E-state index in [-0.39, 0.29) is 11.9 Å². The largest absolute Gasteiger partial charge is 0.378 e. The van der Waals surface area contributed by atoms with Gasteiger partial charge in [0.1, 0.15) is 9.88 Å². The topological polar surface area (TPSA) is 51.2 Å². The maximum atomic E-state index is 12.7. The van der Waals surface area contributed by atoms with E-state index in [4.69, 9.17) is 4.74 Å². The summed E-state index contributed by atoms with van der Waals surface area (Å²) in [5.41, 5.74) is 4.33. The lowest BCUT2D eigenvalue weighted by atomic mass is 10.1. The fourth-order valence-corrected chi connectivity index (χ4v) is 4.51. The molecule has 2 unspecified atom stereocenters. The third-order valence-electron chi connectivity index (χ3n) is 4.94. The second-order valence-corrected chi connectivity index (χ2v) is 8.34. The van der Waals surface area contributed by atoms with Crippen molar-refractivity contribution in [2.24, 2.45) is 0 Å². The molecule has 1 aliphatic rings. The molecule has 3 rings (SSSR count). The molecule has 0 radical (unpaired) electrons. The van der Waals surface area contributed by atoms with Gasteiger partial charge in [-0.2, -0.15) is 0 Å². The molecule has 1 aromatic heterocycles. The van der Waals surface area contributed by atoms with Gasteiger partial charge in [0.05, 0.1) is 11.8 Å². The molecule has 0 saturated carbocycles. The normalized spacial score (nSPS) is 18.1. The average molecular weight is 373 g/mol. The Morgan fingerprint density at radius 3 is 2.88 bits per heavy atom. The van der Waals surface area contributed by atoms with Crippen molar-refractivity contribution >= 4 is 17.2 Å². The summed E-state index contributed by atoms with van der Waals surface area (Å²) in [6, 6.07) is 6.47. The predicted molar refractivity (Wildman–Crippen MR) is 107 cm³/mol. The molecule has 2 aromatic rings. The van der Waals surface area contributed by atoms with Crippen molar-refractivity contribution in [3.63, 3.8) is 0 Å². The molecule has 1 aliphatic heterocycles. The van der Waals surface area contributed by atoms with Crippen LogP contribution in [0, 0.1) is 20.8 Å². The highest BCUT2D eigenvalue weighted by Crippen LogP contribution is 2.30. The maximum Gasteiger partial charge on any atom is 0.263 e. The Balaban J connectivity index is 1.65. The van der Waals surface area contributed by atoms with Crippen LogP contribution in [-0.4, -0.2) is 29.6 Å². The van der Waals surface area contributed by atoms with Crippen molar-refractivity contribution in [2.75, 3.05) is 6.61 Å². The summed E-state index contributed by atoms with van der Waals surface area (Å²) in [5, 5.41) is 4.04. The van der Waals surface area contributed by atoms with Crippen molar-refractivity contribution in [3.8, 4) is 10.6 Å². The maximum absolute atomic E-state index is 12.7. The van der Waals surface area contributed by atoms with Crippen LogP contribution in [0.3, 0.4) is 0 Å². The van der Waals surface area contributed by atoms with Gasteiger partial charge in [-0.1, -0.05) is 23.8 Å². The van der Waals surface area contributed by atoms with E-state index in [1.807, 2.05) is 6.92 Å². The van der Waals surface area contributed by atoms with Crippen LogP contribution in [0.15, 0.2) is 18.2 Å². The minimum atomic E-state index is -0.0177. The highest BCUT2D eigenvalue weighted by molar-refractivity contribution is 7.17. The number of benzene rings is 1. The Labute approximate surface area is 160 Å². The van der Waals surface area contributed by atoms with Gasteiger partial charge in [-0.05, 0) is 58.9 Å². The van der Waals surface area contributed by atoms with E-state index in [0.717, 1.165) is 48.6 Å². The third kappa shape index (κ3) is 4.51. The quantitative estimate of drug-likeness (QED) is 0.791. The van der Waals surface area contributed by atoms with Crippen LogP contribution >= 0.6 is 11.3 Å². The minimum absolute atomic E-state index is 0.0177. The van der Waals surface area contributed by atoms with Crippen LogP contribution in [0.25, 0.3) is 10.6 Å². The number of aryl methyl sites for hydroxylation is 3. The van der Waals surface area contributed by atoms with E-state index in [1.165, 1.54) is 22.5 Å². The SMILES string of the molecule is Cc1ccc(-c2nc(C)c(C(=O)NC(C)CCC3CCCO3)s2)c(C)c1. The molecule has 4 nitrogen and oxygen atoms in total. The average Bonchev–Trinajstić information content (AvgIpc) is 3.22. The van der Waals surface area contributed by atoms with Crippen LogP contribution in [-0.2, 0) is 4.74 Å². The first-order valence-electron chi connectivity index (χ1n) is 9.41. The molecule has 0 bridgehead atoms. The van der Waals surface area contributed by atoms with Crippen molar-refractivity contribution in [3.05, 3.63) is 39.9 Å². The molecule has 0 spiro atoms. The number of rotatable bonds is 6. The molecule has 1 N–H and O–H groups in total. The van der Waals surface area contributed by atoms with Gasteiger partial charge >= 0.3 is 0 Å². The van der Waals surface area contributed by atoms with Crippen molar-refractivity contribution in [1.82, 2.24) is 10.3 Å². The first-order valence-corrected chi connectivity index (χ1v) is 10.2. The molecule has 1 amide bonds. The van der Waals surface area contributed by atoms with Gasteiger partial charge in [-0.3, -0.25) is 4.79 Å². The monoisotopic (exact) mass is 372 g/mol. The van der Waals surface area contributed by atoms with E-state index >= 15 is 0 Å². The molecule has 0 aliphatic carbocycles. The molecule has 1 saturated heterocycles. The number of thiazole rings is 1. The summed E-state index contributed by atoms with van der Waals surface area (Å²) in [6.07, 6.45) is 4.63. The minimum Gasteiger partial charge on any atom is -0.378 e. The Hall–Kier alpha value is -1.72. The van der Waals surface area contributed by atoms with Crippen LogP contribution in [0.2, 0.25) is 0 Å². The zero-order valence-corrected chi connectivity index (χ0v) is 16.9. The van der Waals surface area contributed by atoms with Crippen molar-refractivity contribution < 1.29 is 9.53 Å². The molecular formula is C21H28N2O2S. The van der Waals surface area contributed by atoms with Crippen molar-refractivity contribution in [2.45, 2.75) is 65.5 Å². The van der Waals surface area contributed by atoms with Gasteiger partial charge in [0.25, 0.3) is 5.91 Å². The number of amides is 1. The van der Waals surface area contributed by atoms with E-state index in [2.05, 4.69) is 49.3 Å². The highest BCUT2D eigenvalue weighted by Gasteiger charge is 2.20. The number of carbonyl (C=O) groups is 1. The molecule has 140 valence electrons. The Morgan fingerprint density at radius 1 is 1.38 bits per heavy atom. The standard InChI is InChI=1S/C21H28N2O2S/c1-13-7-10-18(14(2)12-13)21-23-16(4)19(26-21)20(24)22-15(3)8-9-17-6-5-11-25-17/h7,10,12,15,17H,5-6,8-9,11H2,1-4H3,(H,22,24). The summed E-state index contributed by atoms with van der Waals surface area (Å²) in [7, 11) is 0. The van der Waals surface area contributed by atoms with Crippen LogP contribution < -0.4 is 5.32 Å². The molecule has 5 heteroatoms. The number of hydrogen-bond acceptors (Lipinski definition) is 4. The first-order chi connectivity index (χ1) is 12.4. The van der Waals surface area contributed by atoms with Gasteiger partial charge < -0.3 is 10.1 Å². The van der Waals surface area contributed by atoms with E-state index in [1.54, 1.807) is 0 Å². The van der Waals surface area contributed by atoms with Gasteiger partial charge in [0.15, 0.2) is 0 Å². The van der Waals surface area contributed by atoms with Gasteiger partial charge in [-0.15, -0.1) is 11.3 Å². The zero-order valence-electron chi connectivity index (χ0n) is 16.1. The van der Waals surface area contributed by atoms with Crippen molar-refractivity contribution in [1.29, 1.82) is 0 Å². The fourth-order valence-electron chi connectivity index (χ4n) is 3.45. The highest BCUT2D eigenvalue weighted by atomic mass is 32.1. The van der Waals surface area contributed by atoms with E-state index in [9.17, 15) is 4.79 Å². The summed E-state index contributed by atoms with van der Waals surface area (Å²) < 4.78 is 5.66. The summed E-state index contributed by atoms with van der Waals surface area (Å²) in [5.74, 6) is -0.0177. The van der Waals surface area contributed by atoms with Crippen LogP contribution in [0.1, 0.15) is 59.1 Å². The Bertz CT molecular complexity index is 778. The number of carbonyl (C=O) groups excluding carboxylic acids is 1. The number of nitrogens with zero attached hydrogens (tertiary/aromatic N) is 1. The molecule has 1 aromatic carbocycles. The Morgan fingerprint density at radius 2 is 2.19 bits per heavy atom. The Kier molecular flexibility index (Phi) is 6.09. The summed E-state index contributed by atoms with van der Waals surface area (Å²) >= 11 is 1.48. The van der Waals surface area contributed by atoms with Crippen LogP contribution in [0.5, 0.6) is 0 Å². The molecular weight excluding hydrogens is 344 g/mol. The van der Waals surface area contributed by atoms with E-state index < -0.39 is 0 Å². The predicted octanol–water partition coefficient (Wildman–Crippen LogP) is 4.81. The van der Waals surface area contributed by atoms with Crippen LogP contribution in [0.4, 0.5) is 0 Å². The molecule has 2 atom stereocenters. The first kappa shape index (κ1) is 19.1. The number of hydrogen-bond donors (Lipinski definition) is 1. The van der Waals surface area contributed by atoms with Gasteiger partial charge in [0.2, 0.25) is 0 Å². The lowest BCUT2D eigenvalue weighted by Crippen LogP contribution is -2.33. The second-order valence-electron chi connectivity index (χ2n) is 7.34. The molecule has 26 heavy (non-hydrogen) atoms.